The van der Waals surface area contributed by atoms with Crippen LogP contribution in [0.15, 0.2) is 48.5 Å². The van der Waals surface area contributed by atoms with E-state index in [-0.39, 0.29) is 17.6 Å². The Hall–Kier alpha value is -1.89. The van der Waals surface area contributed by atoms with Gasteiger partial charge in [-0.1, -0.05) is 41.4 Å². The van der Waals surface area contributed by atoms with E-state index in [1.807, 2.05) is 31.2 Å². The smallest absolute Gasteiger partial charge is 0.227 e. The molecule has 0 bridgehead atoms. The molecule has 0 radical (unpaired) electrons. The molecule has 1 N–H and O–H groups in total. The minimum atomic E-state index is -3.38. The van der Waals surface area contributed by atoms with Crippen LogP contribution in [-0.2, 0) is 20.6 Å². The predicted molar refractivity (Wildman–Crippen MR) is 108 cm³/mol. The highest BCUT2D eigenvalue weighted by molar-refractivity contribution is 7.88. The van der Waals surface area contributed by atoms with Crippen LogP contribution in [0.3, 0.4) is 0 Å². The Morgan fingerprint density at radius 2 is 1.81 bits per heavy atom. The quantitative estimate of drug-likeness (QED) is 0.820. The van der Waals surface area contributed by atoms with Gasteiger partial charge in [-0.05, 0) is 49.6 Å². The molecule has 0 aromatic heterocycles. The van der Waals surface area contributed by atoms with Gasteiger partial charge in [-0.15, -0.1) is 0 Å². The fourth-order valence-electron chi connectivity index (χ4n) is 3.28. The van der Waals surface area contributed by atoms with Crippen LogP contribution >= 0.6 is 11.6 Å². The molecule has 0 spiro atoms. The molecule has 5 nitrogen and oxygen atoms in total. The number of aryl methyl sites for hydroxylation is 1. The van der Waals surface area contributed by atoms with Crippen molar-refractivity contribution in [3.05, 3.63) is 64.7 Å². The van der Waals surface area contributed by atoms with E-state index in [4.69, 9.17) is 11.6 Å². The van der Waals surface area contributed by atoms with Crippen molar-refractivity contribution in [3.63, 3.8) is 0 Å². The van der Waals surface area contributed by atoms with Crippen molar-refractivity contribution in [3.8, 4) is 0 Å². The van der Waals surface area contributed by atoms with Gasteiger partial charge in [0, 0.05) is 29.7 Å². The zero-order valence-corrected chi connectivity index (χ0v) is 16.8. The first kappa shape index (κ1) is 19.9. The van der Waals surface area contributed by atoms with Crippen molar-refractivity contribution in [2.24, 2.45) is 5.92 Å². The van der Waals surface area contributed by atoms with Crippen LogP contribution < -0.4 is 5.32 Å². The van der Waals surface area contributed by atoms with Crippen LogP contribution in [0.25, 0.3) is 0 Å². The van der Waals surface area contributed by atoms with Gasteiger partial charge in [-0.3, -0.25) is 4.79 Å². The third kappa shape index (κ3) is 5.31. The molecule has 1 aliphatic rings. The highest BCUT2D eigenvalue weighted by Crippen LogP contribution is 2.23. The highest BCUT2D eigenvalue weighted by atomic mass is 35.5. The van der Waals surface area contributed by atoms with Crippen molar-refractivity contribution in [1.29, 1.82) is 0 Å². The lowest BCUT2D eigenvalue weighted by atomic mass is 9.97. The van der Waals surface area contributed by atoms with E-state index in [1.54, 1.807) is 24.3 Å². The van der Waals surface area contributed by atoms with Gasteiger partial charge >= 0.3 is 0 Å². The van der Waals surface area contributed by atoms with Crippen LogP contribution in [0.1, 0.15) is 24.0 Å². The molecule has 0 unspecified atom stereocenters. The molecule has 0 saturated carbocycles. The lowest BCUT2D eigenvalue weighted by Gasteiger charge is -2.30. The van der Waals surface area contributed by atoms with Crippen LogP contribution in [0.5, 0.6) is 0 Å². The average Bonchev–Trinajstić information content (AvgIpc) is 2.63. The third-order valence-corrected chi connectivity index (χ3v) is 6.86. The molecule has 2 aromatic carbocycles. The van der Waals surface area contributed by atoms with Crippen molar-refractivity contribution in [2.75, 3.05) is 18.4 Å². The van der Waals surface area contributed by atoms with E-state index < -0.39 is 10.0 Å². The summed E-state index contributed by atoms with van der Waals surface area (Å²) in [7, 11) is -3.38. The van der Waals surface area contributed by atoms with Crippen molar-refractivity contribution in [1.82, 2.24) is 4.31 Å². The molecule has 3 rings (SSSR count). The van der Waals surface area contributed by atoms with Gasteiger partial charge in [0.2, 0.25) is 15.9 Å². The number of hydrogen-bond donors (Lipinski definition) is 1. The molecule has 1 heterocycles. The number of nitrogens with one attached hydrogen (secondary N) is 1. The minimum Gasteiger partial charge on any atom is -0.326 e. The molecule has 1 amide bonds. The molecule has 144 valence electrons. The Morgan fingerprint density at radius 3 is 2.44 bits per heavy atom. The van der Waals surface area contributed by atoms with E-state index in [9.17, 15) is 13.2 Å². The molecular formula is C20H23ClN2O3S. The second-order valence-electron chi connectivity index (χ2n) is 6.91. The maximum atomic E-state index is 12.7. The minimum absolute atomic E-state index is 0.00365. The summed E-state index contributed by atoms with van der Waals surface area (Å²) in [6.07, 6.45) is 1.04. The Bertz CT molecular complexity index is 905. The molecule has 2 aromatic rings. The van der Waals surface area contributed by atoms with E-state index in [1.165, 1.54) is 4.31 Å². The Labute approximate surface area is 165 Å². The van der Waals surface area contributed by atoms with Gasteiger partial charge in [-0.2, -0.15) is 0 Å². The van der Waals surface area contributed by atoms with E-state index >= 15 is 0 Å². The number of nitrogens with zero attached hydrogens (tertiary/aromatic N) is 1. The highest BCUT2D eigenvalue weighted by Gasteiger charge is 2.31. The van der Waals surface area contributed by atoms with E-state index in [0.717, 1.165) is 11.1 Å². The van der Waals surface area contributed by atoms with Crippen molar-refractivity contribution < 1.29 is 13.2 Å². The second-order valence-corrected chi connectivity index (χ2v) is 9.32. The number of sulfonamides is 1. The molecule has 0 atom stereocenters. The number of rotatable bonds is 5. The summed E-state index contributed by atoms with van der Waals surface area (Å²) in [5.41, 5.74) is 2.52. The standard InChI is InChI=1S/C20H23ClN2O3S/c1-15-3-2-4-16(13-15)14-27(25,26)23-11-9-17(10-12-23)20(24)22-19-7-5-18(21)6-8-19/h2-8,13,17H,9-12,14H2,1H3,(H,22,24). The number of carbonyl (C=O) groups is 1. The third-order valence-electron chi connectivity index (χ3n) is 4.76. The number of anilines is 1. The fourth-order valence-corrected chi connectivity index (χ4v) is 4.95. The zero-order valence-electron chi connectivity index (χ0n) is 15.2. The number of amides is 1. The topological polar surface area (TPSA) is 66.5 Å². The van der Waals surface area contributed by atoms with E-state index in [0.29, 0.717) is 36.6 Å². The molecule has 1 aliphatic heterocycles. The SMILES string of the molecule is Cc1cccc(CS(=O)(=O)N2CCC(C(=O)Nc3ccc(Cl)cc3)CC2)c1. The van der Waals surface area contributed by atoms with Crippen molar-refractivity contribution in [2.45, 2.75) is 25.5 Å². The number of carbonyl (C=O) groups excluding carboxylic acids is 1. The summed E-state index contributed by atoms with van der Waals surface area (Å²) in [5, 5.41) is 3.48. The monoisotopic (exact) mass is 406 g/mol. The Kier molecular flexibility index (Phi) is 6.19. The Balaban J connectivity index is 1.56. The maximum Gasteiger partial charge on any atom is 0.227 e. The predicted octanol–water partition coefficient (Wildman–Crippen LogP) is 3.83. The Morgan fingerprint density at radius 1 is 1.15 bits per heavy atom. The largest absolute Gasteiger partial charge is 0.326 e. The van der Waals surface area contributed by atoms with E-state index in [2.05, 4.69) is 5.32 Å². The first-order chi connectivity index (χ1) is 12.8. The molecule has 1 fully saturated rings. The maximum absolute atomic E-state index is 12.7. The second kappa shape index (κ2) is 8.42. The lowest BCUT2D eigenvalue weighted by Crippen LogP contribution is -2.41. The summed E-state index contributed by atoms with van der Waals surface area (Å²) in [5.74, 6) is -0.268. The molecule has 7 heteroatoms. The van der Waals surface area contributed by atoms with Gasteiger partial charge in [-0.25, -0.2) is 12.7 Å². The van der Waals surface area contributed by atoms with Crippen molar-refractivity contribution >= 4 is 33.2 Å². The van der Waals surface area contributed by atoms with Crippen LogP contribution in [0.2, 0.25) is 5.02 Å². The summed E-state index contributed by atoms with van der Waals surface area (Å²) in [4.78, 5) is 12.4. The fraction of sp³-hybridized carbons (Fsp3) is 0.350. The number of hydrogen-bond acceptors (Lipinski definition) is 3. The van der Waals surface area contributed by atoms with Gasteiger partial charge < -0.3 is 5.32 Å². The summed E-state index contributed by atoms with van der Waals surface area (Å²) in [6.45, 7) is 2.68. The number of benzene rings is 2. The molecule has 0 aliphatic carbocycles. The molecule has 1 saturated heterocycles. The lowest BCUT2D eigenvalue weighted by molar-refractivity contribution is -0.120. The molecular weight excluding hydrogens is 384 g/mol. The van der Waals surface area contributed by atoms with Gasteiger partial charge in [0.05, 0.1) is 5.75 Å². The average molecular weight is 407 g/mol. The van der Waals surface area contributed by atoms with Gasteiger partial charge in [0.1, 0.15) is 0 Å². The molecule has 27 heavy (non-hydrogen) atoms. The number of halogens is 1. The van der Waals surface area contributed by atoms with Gasteiger partial charge in [0.25, 0.3) is 0 Å². The van der Waals surface area contributed by atoms with Gasteiger partial charge in [0.15, 0.2) is 0 Å². The number of piperidine rings is 1. The van der Waals surface area contributed by atoms with Crippen LogP contribution in [-0.4, -0.2) is 31.7 Å². The first-order valence-corrected chi connectivity index (χ1v) is 10.9. The summed E-state index contributed by atoms with van der Waals surface area (Å²) < 4.78 is 26.9. The van der Waals surface area contributed by atoms with Crippen LogP contribution in [0.4, 0.5) is 5.69 Å². The zero-order chi connectivity index (χ0) is 19.4. The first-order valence-electron chi connectivity index (χ1n) is 8.93. The summed E-state index contributed by atoms with van der Waals surface area (Å²) >= 11 is 5.85. The normalized spacial score (nSPS) is 16.2. The van der Waals surface area contributed by atoms with Crippen LogP contribution in [0, 0.1) is 12.8 Å². The summed E-state index contributed by atoms with van der Waals surface area (Å²) in [6, 6.07) is 14.5.